The molecule has 6 N–H and O–H groups in total. The van der Waals surface area contributed by atoms with Crippen LogP contribution >= 0.6 is 0 Å². The average molecular weight is 263 g/mol. The molecule has 1 rings (SSSR count). The van der Waals surface area contributed by atoms with Crippen LogP contribution in [0.3, 0.4) is 0 Å². The largest absolute Gasteiger partial charge is 0.462 e. The highest BCUT2D eigenvalue weighted by Gasteiger charge is 2.12. The number of benzene rings is 1. The molecule has 1 aromatic carbocycles. The number of nitrogens with zero attached hydrogens (tertiary/aromatic N) is 2. The zero-order valence-electron chi connectivity index (χ0n) is 10.9. The van der Waals surface area contributed by atoms with Gasteiger partial charge in [-0.3, -0.25) is 0 Å². The fourth-order valence-electron chi connectivity index (χ4n) is 1.40. The highest BCUT2D eigenvalue weighted by molar-refractivity contribution is 5.98. The van der Waals surface area contributed by atoms with Crippen LogP contribution in [0.25, 0.3) is 0 Å². The average Bonchev–Trinajstić information content (AvgIpc) is 2.30. The van der Waals surface area contributed by atoms with Crippen LogP contribution in [0.5, 0.6) is 0 Å². The summed E-state index contributed by atoms with van der Waals surface area (Å²) in [5, 5.41) is 0. The maximum atomic E-state index is 11.8. The second kappa shape index (κ2) is 6.39. The number of esters is 1. The fourth-order valence-corrected chi connectivity index (χ4v) is 1.40. The molecule has 0 heterocycles. The summed E-state index contributed by atoms with van der Waals surface area (Å²) in [7, 11) is 0. The summed E-state index contributed by atoms with van der Waals surface area (Å²) in [5.74, 6) is -0.803. The van der Waals surface area contributed by atoms with Gasteiger partial charge in [-0.2, -0.15) is 4.99 Å². The number of aryl methyl sites for hydroxylation is 1. The van der Waals surface area contributed by atoms with Crippen LogP contribution in [0.4, 0.5) is 5.69 Å². The van der Waals surface area contributed by atoms with E-state index in [0.29, 0.717) is 11.3 Å². The van der Waals surface area contributed by atoms with E-state index in [1.54, 1.807) is 25.1 Å². The predicted octanol–water partition coefficient (Wildman–Crippen LogP) is 0.391. The number of aliphatic imine (C=N–C) groups is 2. The normalized spacial score (nSPS) is 10.9. The standard InChI is InChI=1S/C12H17N5O2/c1-3-19-10(18)8-6-7(2)4-5-9(8)16-12(15)17-11(13)14/h4-6H,3H2,1-2H3,(H6,13,14,15,16,17). The first-order valence-corrected chi connectivity index (χ1v) is 5.65. The number of carbonyl (C=O) groups is 1. The van der Waals surface area contributed by atoms with E-state index in [1.807, 2.05) is 6.92 Å². The van der Waals surface area contributed by atoms with Crippen molar-refractivity contribution in [1.82, 2.24) is 0 Å². The van der Waals surface area contributed by atoms with Gasteiger partial charge < -0.3 is 21.9 Å². The molecule has 7 heteroatoms. The van der Waals surface area contributed by atoms with E-state index in [-0.39, 0.29) is 18.5 Å². The molecule has 0 radical (unpaired) electrons. The van der Waals surface area contributed by atoms with Gasteiger partial charge in [-0.15, -0.1) is 0 Å². The molecule has 1 aromatic rings. The fraction of sp³-hybridized carbons (Fsp3) is 0.250. The Morgan fingerprint density at radius 3 is 2.58 bits per heavy atom. The quantitative estimate of drug-likeness (QED) is 0.412. The number of nitrogens with two attached hydrogens (primary N) is 3. The highest BCUT2D eigenvalue weighted by Crippen LogP contribution is 2.21. The van der Waals surface area contributed by atoms with Crippen LogP contribution in [-0.2, 0) is 4.74 Å². The van der Waals surface area contributed by atoms with E-state index in [1.165, 1.54) is 0 Å². The second-order valence-electron chi connectivity index (χ2n) is 3.75. The maximum absolute atomic E-state index is 11.8. The Bertz CT molecular complexity index is 533. The summed E-state index contributed by atoms with van der Waals surface area (Å²) in [4.78, 5) is 19.4. The Labute approximate surface area is 111 Å². The van der Waals surface area contributed by atoms with Gasteiger partial charge in [0.25, 0.3) is 0 Å². The van der Waals surface area contributed by atoms with Crippen molar-refractivity contribution in [2.45, 2.75) is 13.8 Å². The highest BCUT2D eigenvalue weighted by atomic mass is 16.5. The van der Waals surface area contributed by atoms with E-state index in [4.69, 9.17) is 21.9 Å². The summed E-state index contributed by atoms with van der Waals surface area (Å²) in [6, 6.07) is 5.11. The van der Waals surface area contributed by atoms with Crippen LogP contribution in [-0.4, -0.2) is 24.5 Å². The topological polar surface area (TPSA) is 129 Å². The van der Waals surface area contributed by atoms with Gasteiger partial charge in [0.15, 0.2) is 5.96 Å². The molecule has 0 aliphatic rings. The van der Waals surface area contributed by atoms with Crippen molar-refractivity contribution in [3.63, 3.8) is 0 Å². The lowest BCUT2D eigenvalue weighted by atomic mass is 10.1. The number of hydrogen-bond acceptors (Lipinski definition) is 3. The molecule has 0 unspecified atom stereocenters. The zero-order valence-corrected chi connectivity index (χ0v) is 10.9. The van der Waals surface area contributed by atoms with E-state index in [2.05, 4.69) is 9.98 Å². The first-order valence-electron chi connectivity index (χ1n) is 5.65. The van der Waals surface area contributed by atoms with Gasteiger partial charge in [0.1, 0.15) is 0 Å². The maximum Gasteiger partial charge on any atom is 0.340 e. The Balaban J connectivity index is 3.20. The molecule has 0 aromatic heterocycles. The van der Waals surface area contributed by atoms with Gasteiger partial charge in [-0.05, 0) is 26.0 Å². The van der Waals surface area contributed by atoms with Crippen LogP contribution in [0.2, 0.25) is 0 Å². The van der Waals surface area contributed by atoms with Gasteiger partial charge in [0.2, 0.25) is 5.96 Å². The minimum Gasteiger partial charge on any atom is -0.462 e. The number of guanidine groups is 2. The molecule has 19 heavy (non-hydrogen) atoms. The van der Waals surface area contributed by atoms with E-state index >= 15 is 0 Å². The molecule has 0 saturated carbocycles. The van der Waals surface area contributed by atoms with Crippen molar-refractivity contribution < 1.29 is 9.53 Å². The Morgan fingerprint density at radius 2 is 2.00 bits per heavy atom. The van der Waals surface area contributed by atoms with Crippen LogP contribution < -0.4 is 17.2 Å². The van der Waals surface area contributed by atoms with Crippen molar-refractivity contribution in [3.8, 4) is 0 Å². The van der Waals surface area contributed by atoms with E-state index in [9.17, 15) is 4.79 Å². The van der Waals surface area contributed by atoms with Crippen LogP contribution in [0, 0.1) is 6.92 Å². The lowest BCUT2D eigenvalue weighted by Crippen LogP contribution is -2.26. The number of hydrogen-bond donors (Lipinski definition) is 3. The monoisotopic (exact) mass is 263 g/mol. The lowest BCUT2D eigenvalue weighted by Gasteiger charge is -2.06. The predicted molar refractivity (Wildman–Crippen MR) is 74.2 cm³/mol. The van der Waals surface area contributed by atoms with Gasteiger partial charge in [-0.1, -0.05) is 11.6 Å². The Hall–Kier alpha value is -2.57. The Kier molecular flexibility index (Phi) is 4.87. The van der Waals surface area contributed by atoms with Gasteiger partial charge in [0, 0.05) is 0 Å². The third-order valence-electron chi connectivity index (χ3n) is 2.13. The van der Waals surface area contributed by atoms with Crippen molar-refractivity contribution >= 4 is 23.6 Å². The van der Waals surface area contributed by atoms with Gasteiger partial charge in [-0.25, -0.2) is 9.79 Å². The molecule has 0 aliphatic heterocycles. The first-order chi connectivity index (χ1) is 8.93. The van der Waals surface area contributed by atoms with Gasteiger partial charge >= 0.3 is 5.97 Å². The summed E-state index contributed by atoms with van der Waals surface area (Å²) >= 11 is 0. The number of rotatable bonds is 3. The third-order valence-corrected chi connectivity index (χ3v) is 2.13. The minimum atomic E-state index is -0.470. The molecule has 0 fully saturated rings. The molecule has 0 spiro atoms. The summed E-state index contributed by atoms with van der Waals surface area (Å²) in [6.07, 6.45) is 0. The molecular weight excluding hydrogens is 246 g/mol. The van der Waals surface area contributed by atoms with Crippen molar-refractivity contribution in [1.29, 1.82) is 0 Å². The van der Waals surface area contributed by atoms with Crippen molar-refractivity contribution in [2.75, 3.05) is 6.61 Å². The Morgan fingerprint density at radius 1 is 1.32 bits per heavy atom. The molecule has 0 amide bonds. The zero-order chi connectivity index (χ0) is 14.4. The molecule has 7 nitrogen and oxygen atoms in total. The van der Waals surface area contributed by atoms with Crippen molar-refractivity contribution in [3.05, 3.63) is 29.3 Å². The molecule has 0 saturated heterocycles. The summed E-state index contributed by atoms with van der Waals surface area (Å²) in [5.41, 5.74) is 17.5. The molecular formula is C12H17N5O2. The van der Waals surface area contributed by atoms with E-state index in [0.717, 1.165) is 5.56 Å². The minimum absolute atomic E-state index is 0.130. The molecule has 0 bridgehead atoms. The molecule has 0 aliphatic carbocycles. The molecule has 102 valence electrons. The lowest BCUT2D eigenvalue weighted by molar-refractivity contribution is 0.0527. The first kappa shape index (κ1) is 14.5. The SMILES string of the molecule is CCOC(=O)c1cc(C)ccc1N=C(N)N=C(N)N. The summed E-state index contributed by atoms with van der Waals surface area (Å²) < 4.78 is 4.95. The third kappa shape index (κ3) is 4.30. The second-order valence-corrected chi connectivity index (χ2v) is 3.75. The number of ether oxygens (including phenoxy) is 1. The van der Waals surface area contributed by atoms with Crippen LogP contribution in [0.15, 0.2) is 28.2 Å². The summed E-state index contributed by atoms with van der Waals surface area (Å²) in [6.45, 7) is 3.86. The number of carbonyl (C=O) groups excluding carboxylic acids is 1. The molecule has 0 atom stereocenters. The van der Waals surface area contributed by atoms with E-state index < -0.39 is 5.97 Å². The smallest absolute Gasteiger partial charge is 0.340 e. The van der Waals surface area contributed by atoms with Crippen LogP contribution in [0.1, 0.15) is 22.8 Å². The van der Waals surface area contributed by atoms with Crippen molar-refractivity contribution in [2.24, 2.45) is 27.2 Å². The van der Waals surface area contributed by atoms with Gasteiger partial charge in [0.05, 0.1) is 17.9 Å².